The van der Waals surface area contributed by atoms with Gasteiger partial charge in [0, 0.05) is 5.41 Å². The van der Waals surface area contributed by atoms with Crippen LogP contribution in [0.5, 0.6) is 0 Å². The summed E-state index contributed by atoms with van der Waals surface area (Å²) in [5.41, 5.74) is -0.763. The van der Waals surface area contributed by atoms with Gasteiger partial charge in [-0.1, -0.05) is 13.8 Å². The summed E-state index contributed by atoms with van der Waals surface area (Å²) in [6, 6.07) is 0. The third-order valence-corrected chi connectivity index (χ3v) is 2.72. The molecule has 2 heteroatoms. The topological polar surface area (TPSA) is 32.8 Å². The smallest absolute Gasteiger partial charge is 0.0887 e. The Balaban J connectivity index is 2.66. The molecular weight excluding hydrogens is 128 g/mol. The number of ether oxygens (including phenoxy) is 1. The van der Waals surface area contributed by atoms with Gasteiger partial charge in [0.2, 0.25) is 0 Å². The van der Waals surface area contributed by atoms with Crippen molar-refractivity contribution in [3.8, 4) is 0 Å². The van der Waals surface area contributed by atoms with Gasteiger partial charge in [0.15, 0.2) is 0 Å². The van der Waals surface area contributed by atoms with Crippen LogP contribution in [0.2, 0.25) is 0 Å². The van der Waals surface area contributed by atoms with E-state index in [1.807, 2.05) is 27.7 Å². The van der Waals surface area contributed by atoms with Crippen LogP contribution in [-0.4, -0.2) is 23.4 Å². The van der Waals surface area contributed by atoms with Gasteiger partial charge in [0.1, 0.15) is 0 Å². The highest BCUT2D eigenvalue weighted by Crippen LogP contribution is 2.40. The summed E-state index contributed by atoms with van der Waals surface area (Å²) in [5.74, 6) is 0. The van der Waals surface area contributed by atoms with Crippen molar-refractivity contribution in [2.75, 3.05) is 6.61 Å². The van der Waals surface area contributed by atoms with E-state index in [0.717, 1.165) is 6.61 Å². The van der Waals surface area contributed by atoms with Crippen LogP contribution in [-0.2, 0) is 4.74 Å². The summed E-state index contributed by atoms with van der Waals surface area (Å²) in [5, 5.41) is 9.68. The van der Waals surface area contributed by atoms with Crippen LogP contribution in [0.3, 0.4) is 0 Å². The van der Waals surface area contributed by atoms with Crippen molar-refractivity contribution >= 4 is 0 Å². The molecule has 0 amide bonds. The normalized spacial score (nSPS) is 26.7. The molecule has 1 N–H and O–H groups in total. The fraction of sp³-hybridized carbons (Fsp3) is 1.00. The second-order valence-corrected chi connectivity index (χ2v) is 4.10. The number of aliphatic hydroxyl groups is 1. The van der Waals surface area contributed by atoms with Gasteiger partial charge in [-0.2, -0.15) is 0 Å². The number of hydrogen-bond donors (Lipinski definition) is 1. The van der Waals surface area contributed by atoms with Crippen molar-refractivity contribution in [1.29, 1.82) is 0 Å². The molecule has 0 bridgehead atoms. The maximum absolute atomic E-state index is 9.68. The van der Waals surface area contributed by atoms with Crippen molar-refractivity contribution in [2.45, 2.75) is 39.4 Å². The minimum Gasteiger partial charge on any atom is -0.390 e. The lowest BCUT2D eigenvalue weighted by Gasteiger charge is -2.35. The number of rotatable bonds is 2. The van der Waals surface area contributed by atoms with Crippen molar-refractivity contribution < 1.29 is 9.84 Å². The van der Waals surface area contributed by atoms with E-state index in [9.17, 15) is 5.11 Å². The summed E-state index contributed by atoms with van der Waals surface area (Å²) in [6.07, 6.45) is 0.257. The molecule has 60 valence electrons. The highest BCUT2D eigenvalue weighted by atomic mass is 16.6. The molecule has 0 aromatic heterocycles. The van der Waals surface area contributed by atoms with Gasteiger partial charge in [-0.15, -0.1) is 0 Å². The molecule has 1 heterocycles. The van der Waals surface area contributed by atoms with Gasteiger partial charge in [-0.05, 0) is 13.8 Å². The summed E-state index contributed by atoms with van der Waals surface area (Å²) in [4.78, 5) is 0. The molecule has 0 spiro atoms. The van der Waals surface area contributed by atoms with Gasteiger partial charge in [0.25, 0.3) is 0 Å². The average molecular weight is 144 g/mol. The van der Waals surface area contributed by atoms with Gasteiger partial charge in [0.05, 0.1) is 18.3 Å². The van der Waals surface area contributed by atoms with E-state index in [1.54, 1.807) is 0 Å². The van der Waals surface area contributed by atoms with Gasteiger partial charge >= 0.3 is 0 Å². The first-order valence-corrected chi connectivity index (χ1v) is 3.69. The maximum atomic E-state index is 9.68. The van der Waals surface area contributed by atoms with Crippen LogP contribution in [0.1, 0.15) is 27.7 Å². The first-order chi connectivity index (χ1) is 4.36. The van der Waals surface area contributed by atoms with Crippen LogP contribution in [0.25, 0.3) is 0 Å². The first-order valence-electron chi connectivity index (χ1n) is 3.69. The average Bonchev–Trinajstić information content (AvgIpc) is 2.38. The summed E-state index contributed by atoms with van der Waals surface area (Å²) in [7, 11) is 0. The first kappa shape index (κ1) is 8.02. The monoisotopic (exact) mass is 144 g/mol. The van der Waals surface area contributed by atoms with E-state index in [0.29, 0.717) is 0 Å². The predicted octanol–water partition coefficient (Wildman–Crippen LogP) is 1.18. The Morgan fingerprint density at radius 1 is 1.30 bits per heavy atom. The lowest BCUT2D eigenvalue weighted by atomic mass is 9.75. The van der Waals surface area contributed by atoms with Crippen molar-refractivity contribution in [2.24, 2.45) is 5.41 Å². The Bertz CT molecular complexity index is 129. The minimum absolute atomic E-state index is 0.118. The van der Waals surface area contributed by atoms with E-state index >= 15 is 0 Å². The molecule has 0 aromatic rings. The van der Waals surface area contributed by atoms with Gasteiger partial charge < -0.3 is 9.84 Å². The maximum Gasteiger partial charge on any atom is 0.0887 e. The van der Waals surface area contributed by atoms with Crippen molar-refractivity contribution in [1.82, 2.24) is 0 Å². The Morgan fingerprint density at radius 3 is 1.80 bits per heavy atom. The molecule has 1 rings (SSSR count). The molecule has 2 nitrogen and oxygen atoms in total. The fourth-order valence-corrected chi connectivity index (χ4v) is 0.859. The Kier molecular flexibility index (Phi) is 1.57. The Labute approximate surface area is 62.2 Å². The lowest BCUT2D eigenvalue weighted by molar-refractivity contribution is -0.0489. The predicted molar refractivity (Wildman–Crippen MR) is 39.8 cm³/mol. The van der Waals surface area contributed by atoms with Crippen LogP contribution in [0.4, 0.5) is 0 Å². The van der Waals surface area contributed by atoms with Gasteiger partial charge in [-0.3, -0.25) is 0 Å². The molecule has 0 aromatic carbocycles. The van der Waals surface area contributed by atoms with Crippen LogP contribution in [0.15, 0.2) is 0 Å². The molecule has 1 aliphatic rings. The minimum atomic E-state index is -0.645. The number of hydrogen-bond acceptors (Lipinski definition) is 2. The molecular formula is C8H16O2. The third-order valence-electron chi connectivity index (χ3n) is 2.72. The lowest BCUT2D eigenvalue weighted by Crippen LogP contribution is -2.42. The van der Waals surface area contributed by atoms with E-state index < -0.39 is 5.60 Å². The highest BCUT2D eigenvalue weighted by molar-refractivity contribution is 4.97. The second-order valence-electron chi connectivity index (χ2n) is 4.10. The SMILES string of the molecule is CC(C)(O)C(C)(C)C1CO1. The zero-order chi connectivity index (χ0) is 7.99. The largest absolute Gasteiger partial charge is 0.390 e. The van der Waals surface area contributed by atoms with Crippen molar-refractivity contribution in [3.63, 3.8) is 0 Å². The zero-order valence-electron chi connectivity index (χ0n) is 7.14. The van der Waals surface area contributed by atoms with E-state index in [4.69, 9.17) is 4.74 Å². The summed E-state index contributed by atoms with van der Waals surface area (Å²) in [6.45, 7) is 8.52. The van der Waals surface area contributed by atoms with Crippen LogP contribution in [0, 0.1) is 5.41 Å². The molecule has 1 fully saturated rings. The van der Waals surface area contributed by atoms with E-state index in [2.05, 4.69) is 0 Å². The zero-order valence-corrected chi connectivity index (χ0v) is 7.14. The molecule has 1 saturated heterocycles. The number of epoxide rings is 1. The Morgan fingerprint density at radius 2 is 1.70 bits per heavy atom. The standard InChI is InChI=1S/C8H16O2/c1-7(2,6-5-10-6)8(3,4)9/h6,9H,5H2,1-4H3. The van der Waals surface area contributed by atoms with Crippen molar-refractivity contribution in [3.05, 3.63) is 0 Å². The van der Waals surface area contributed by atoms with E-state index in [1.165, 1.54) is 0 Å². The third kappa shape index (κ3) is 1.18. The summed E-state index contributed by atoms with van der Waals surface area (Å²) >= 11 is 0. The Hall–Kier alpha value is -0.0800. The molecule has 0 aliphatic carbocycles. The summed E-state index contributed by atoms with van der Waals surface area (Å²) < 4.78 is 5.14. The fourth-order valence-electron chi connectivity index (χ4n) is 0.859. The quantitative estimate of drug-likeness (QED) is 0.590. The molecule has 1 atom stereocenters. The van der Waals surface area contributed by atoms with E-state index in [-0.39, 0.29) is 11.5 Å². The second kappa shape index (κ2) is 1.95. The molecule has 1 unspecified atom stereocenters. The molecule has 1 aliphatic heterocycles. The molecule has 0 saturated carbocycles. The van der Waals surface area contributed by atoms with Gasteiger partial charge in [-0.25, -0.2) is 0 Å². The molecule has 0 radical (unpaired) electrons. The van der Waals surface area contributed by atoms with Crippen LogP contribution >= 0.6 is 0 Å². The highest BCUT2D eigenvalue weighted by Gasteiger charge is 2.48. The van der Waals surface area contributed by atoms with Crippen LogP contribution < -0.4 is 0 Å². The molecule has 10 heavy (non-hydrogen) atoms.